The summed E-state index contributed by atoms with van der Waals surface area (Å²) in [6, 6.07) is 7.36. The van der Waals surface area contributed by atoms with E-state index in [2.05, 4.69) is 20.3 Å². The first-order chi connectivity index (χ1) is 9.33. The van der Waals surface area contributed by atoms with Gasteiger partial charge < -0.3 is 10.3 Å². The standard InChI is InChI=1S/C14H12N4O/c19-14-3-4-15-9-13(14)18-8-10-1-2-11-12(7-10)17-6-5-16-11/h1-7,9,18H,8H2,(H,15,19). The smallest absolute Gasteiger partial charge is 0.204 e. The molecule has 0 amide bonds. The number of aromatic nitrogens is 3. The number of aromatic amines is 1. The zero-order valence-corrected chi connectivity index (χ0v) is 10.1. The number of hydrogen-bond acceptors (Lipinski definition) is 4. The molecule has 2 N–H and O–H groups in total. The van der Waals surface area contributed by atoms with Gasteiger partial charge in [0.2, 0.25) is 5.43 Å². The minimum absolute atomic E-state index is 0.0284. The Morgan fingerprint density at radius 3 is 2.79 bits per heavy atom. The summed E-state index contributed by atoms with van der Waals surface area (Å²) in [6.45, 7) is 0.569. The van der Waals surface area contributed by atoms with Gasteiger partial charge in [-0.3, -0.25) is 14.8 Å². The van der Waals surface area contributed by atoms with Gasteiger partial charge in [-0.25, -0.2) is 0 Å². The molecule has 3 rings (SSSR count). The third-order valence-electron chi connectivity index (χ3n) is 2.84. The van der Waals surface area contributed by atoms with Crippen LogP contribution in [0.1, 0.15) is 5.56 Å². The number of pyridine rings is 1. The Balaban J connectivity index is 1.82. The van der Waals surface area contributed by atoms with E-state index in [1.54, 1.807) is 24.8 Å². The van der Waals surface area contributed by atoms with E-state index in [1.165, 1.54) is 6.07 Å². The fourth-order valence-corrected chi connectivity index (χ4v) is 1.87. The summed E-state index contributed by atoms with van der Waals surface area (Å²) < 4.78 is 0. The lowest BCUT2D eigenvalue weighted by Gasteiger charge is -2.06. The van der Waals surface area contributed by atoms with Crippen LogP contribution in [-0.2, 0) is 6.54 Å². The molecule has 5 heteroatoms. The van der Waals surface area contributed by atoms with E-state index in [9.17, 15) is 4.79 Å². The molecule has 0 aliphatic heterocycles. The van der Waals surface area contributed by atoms with Gasteiger partial charge in [-0.05, 0) is 17.7 Å². The maximum absolute atomic E-state index is 11.5. The maximum atomic E-state index is 11.5. The molecule has 2 aromatic heterocycles. The third kappa shape index (κ3) is 2.44. The molecular weight excluding hydrogens is 240 g/mol. The highest BCUT2D eigenvalue weighted by molar-refractivity contribution is 5.74. The molecule has 0 saturated carbocycles. The predicted molar refractivity (Wildman–Crippen MR) is 73.9 cm³/mol. The lowest BCUT2D eigenvalue weighted by Crippen LogP contribution is -2.10. The molecule has 1 aromatic carbocycles. The van der Waals surface area contributed by atoms with Gasteiger partial charge in [0.1, 0.15) is 0 Å². The van der Waals surface area contributed by atoms with Gasteiger partial charge in [0.15, 0.2) is 0 Å². The number of hydrogen-bond donors (Lipinski definition) is 2. The van der Waals surface area contributed by atoms with Crippen molar-refractivity contribution < 1.29 is 0 Å². The largest absolute Gasteiger partial charge is 0.377 e. The Kier molecular flexibility index (Phi) is 2.94. The molecule has 0 saturated heterocycles. The van der Waals surface area contributed by atoms with Crippen molar-refractivity contribution in [3.05, 3.63) is 64.8 Å². The number of fused-ring (bicyclic) bond motifs is 1. The number of nitrogens with zero attached hydrogens (tertiary/aromatic N) is 2. The number of H-pyrrole nitrogens is 1. The second kappa shape index (κ2) is 4.89. The summed E-state index contributed by atoms with van der Waals surface area (Å²) in [5.74, 6) is 0. The molecule has 0 bridgehead atoms. The predicted octanol–water partition coefficient (Wildman–Crippen LogP) is 1.93. The summed E-state index contributed by atoms with van der Waals surface area (Å²) in [5.41, 5.74) is 3.30. The van der Waals surface area contributed by atoms with Gasteiger partial charge in [-0.15, -0.1) is 0 Å². The number of anilines is 1. The van der Waals surface area contributed by atoms with Crippen LogP contribution >= 0.6 is 0 Å². The van der Waals surface area contributed by atoms with Crippen molar-refractivity contribution in [3.63, 3.8) is 0 Å². The quantitative estimate of drug-likeness (QED) is 0.747. The van der Waals surface area contributed by atoms with Crippen molar-refractivity contribution >= 4 is 16.7 Å². The lowest BCUT2D eigenvalue weighted by molar-refractivity contribution is 1.13. The van der Waals surface area contributed by atoms with Crippen molar-refractivity contribution in [2.45, 2.75) is 6.54 Å². The van der Waals surface area contributed by atoms with Crippen LogP contribution in [0.4, 0.5) is 5.69 Å². The summed E-state index contributed by atoms with van der Waals surface area (Å²) in [6.07, 6.45) is 6.60. The van der Waals surface area contributed by atoms with E-state index < -0.39 is 0 Å². The molecule has 0 aliphatic carbocycles. The average Bonchev–Trinajstić information content (AvgIpc) is 2.46. The molecule has 0 atom stereocenters. The van der Waals surface area contributed by atoms with Crippen LogP contribution in [-0.4, -0.2) is 15.0 Å². The Labute approximate surface area is 109 Å². The monoisotopic (exact) mass is 252 g/mol. The summed E-state index contributed by atoms with van der Waals surface area (Å²) in [7, 11) is 0. The minimum atomic E-state index is -0.0284. The first-order valence-electron chi connectivity index (χ1n) is 5.93. The number of nitrogens with one attached hydrogen (secondary N) is 2. The first-order valence-corrected chi connectivity index (χ1v) is 5.93. The van der Waals surface area contributed by atoms with Crippen molar-refractivity contribution in [1.29, 1.82) is 0 Å². The van der Waals surface area contributed by atoms with Crippen molar-refractivity contribution in [2.75, 3.05) is 5.32 Å². The van der Waals surface area contributed by atoms with Crippen LogP contribution in [0, 0.1) is 0 Å². The summed E-state index contributed by atoms with van der Waals surface area (Å²) in [4.78, 5) is 22.9. The molecule has 0 fully saturated rings. The zero-order chi connectivity index (χ0) is 13.1. The second-order valence-electron chi connectivity index (χ2n) is 4.16. The highest BCUT2D eigenvalue weighted by Crippen LogP contribution is 2.11. The van der Waals surface area contributed by atoms with E-state index in [4.69, 9.17) is 0 Å². The van der Waals surface area contributed by atoms with Crippen LogP contribution in [0.15, 0.2) is 53.8 Å². The normalized spacial score (nSPS) is 10.5. The lowest BCUT2D eigenvalue weighted by atomic mass is 10.2. The van der Waals surface area contributed by atoms with Gasteiger partial charge in [0.25, 0.3) is 0 Å². The zero-order valence-electron chi connectivity index (χ0n) is 10.1. The minimum Gasteiger partial charge on any atom is -0.377 e. The molecule has 0 radical (unpaired) electrons. The van der Waals surface area contributed by atoms with Crippen molar-refractivity contribution in [1.82, 2.24) is 15.0 Å². The SMILES string of the molecule is O=c1cc[nH]cc1NCc1ccc2nccnc2c1. The van der Waals surface area contributed by atoms with E-state index in [1.807, 2.05) is 18.2 Å². The van der Waals surface area contributed by atoms with Crippen LogP contribution in [0.3, 0.4) is 0 Å². The molecule has 3 aromatic rings. The van der Waals surface area contributed by atoms with Gasteiger partial charge >= 0.3 is 0 Å². The fraction of sp³-hybridized carbons (Fsp3) is 0.0714. The van der Waals surface area contributed by atoms with E-state index in [-0.39, 0.29) is 5.43 Å². The van der Waals surface area contributed by atoms with Crippen molar-refractivity contribution in [2.24, 2.45) is 0 Å². The molecule has 94 valence electrons. The van der Waals surface area contributed by atoms with Gasteiger partial charge in [0.05, 0.1) is 16.7 Å². The van der Waals surface area contributed by atoms with E-state index in [0.29, 0.717) is 12.2 Å². The van der Waals surface area contributed by atoms with Gasteiger partial charge in [0, 0.05) is 37.4 Å². The van der Waals surface area contributed by atoms with Gasteiger partial charge in [-0.1, -0.05) is 6.07 Å². The third-order valence-corrected chi connectivity index (χ3v) is 2.84. The summed E-state index contributed by atoms with van der Waals surface area (Å²) in [5, 5.41) is 3.10. The molecule has 5 nitrogen and oxygen atoms in total. The fourth-order valence-electron chi connectivity index (χ4n) is 1.87. The Morgan fingerprint density at radius 1 is 1.11 bits per heavy atom. The Hall–Kier alpha value is -2.69. The average molecular weight is 252 g/mol. The Morgan fingerprint density at radius 2 is 1.95 bits per heavy atom. The van der Waals surface area contributed by atoms with Crippen LogP contribution in [0.25, 0.3) is 11.0 Å². The van der Waals surface area contributed by atoms with E-state index >= 15 is 0 Å². The Bertz CT molecular complexity index is 766. The summed E-state index contributed by atoms with van der Waals surface area (Å²) >= 11 is 0. The maximum Gasteiger partial charge on any atom is 0.204 e. The number of rotatable bonds is 3. The van der Waals surface area contributed by atoms with E-state index in [0.717, 1.165) is 16.6 Å². The highest BCUT2D eigenvalue weighted by Gasteiger charge is 2.00. The van der Waals surface area contributed by atoms with Crippen molar-refractivity contribution in [3.8, 4) is 0 Å². The van der Waals surface area contributed by atoms with Gasteiger partial charge in [-0.2, -0.15) is 0 Å². The molecule has 0 aliphatic rings. The molecule has 19 heavy (non-hydrogen) atoms. The van der Waals surface area contributed by atoms with Crippen LogP contribution in [0.2, 0.25) is 0 Å². The highest BCUT2D eigenvalue weighted by atomic mass is 16.1. The number of benzene rings is 1. The van der Waals surface area contributed by atoms with Crippen LogP contribution in [0.5, 0.6) is 0 Å². The first kappa shape index (κ1) is 11.4. The van der Waals surface area contributed by atoms with Crippen LogP contribution < -0.4 is 10.7 Å². The second-order valence-corrected chi connectivity index (χ2v) is 4.16. The molecule has 2 heterocycles. The molecule has 0 unspecified atom stereocenters. The topological polar surface area (TPSA) is 70.7 Å². The molecular formula is C14H12N4O. The molecule has 0 spiro atoms.